The Kier molecular flexibility index (Phi) is 5.27. The van der Waals surface area contributed by atoms with E-state index in [0.717, 1.165) is 0 Å². The number of hydrogen-bond acceptors (Lipinski definition) is 2. The first kappa shape index (κ1) is 14.6. The van der Waals surface area contributed by atoms with E-state index >= 15 is 0 Å². The number of nitrogens with two attached hydrogens (primary N) is 1. The number of carbonyl (C=O) groups excluding carboxylic acids is 1. The fourth-order valence-corrected chi connectivity index (χ4v) is 1.46. The molecule has 102 valence electrons. The second kappa shape index (κ2) is 6.49. The van der Waals surface area contributed by atoms with Crippen molar-refractivity contribution in [1.29, 1.82) is 0 Å². The minimum Gasteiger partial charge on any atom is -0.349 e. The van der Waals surface area contributed by atoms with Crippen molar-refractivity contribution >= 4 is 5.91 Å². The van der Waals surface area contributed by atoms with Gasteiger partial charge in [-0.2, -0.15) is 0 Å². The number of carbonyl (C=O) groups is 1. The van der Waals surface area contributed by atoms with Gasteiger partial charge in [0.05, 0.1) is 6.54 Å². The molecule has 1 aromatic rings. The van der Waals surface area contributed by atoms with Gasteiger partial charge in [0, 0.05) is 18.8 Å². The highest BCUT2D eigenvalue weighted by molar-refractivity contribution is 5.92. The molecule has 0 saturated heterocycles. The molecule has 0 fully saturated rings. The highest BCUT2D eigenvalue weighted by Gasteiger charge is 2.15. The van der Waals surface area contributed by atoms with E-state index in [9.17, 15) is 13.6 Å². The van der Waals surface area contributed by atoms with Gasteiger partial charge >= 0.3 is 0 Å². The zero-order chi connectivity index (χ0) is 13.7. The van der Waals surface area contributed by atoms with Crippen molar-refractivity contribution in [2.75, 3.05) is 6.54 Å². The monoisotopic (exact) mass is 259 g/mol. The third-order valence-electron chi connectivity index (χ3n) is 2.75. The van der Waals surface area contributed by atoms with Crippen LogP contribution in [0.25, 0.3) is 0 Å². The lowest BCUT2D eigenvalue weighted by Gasteiger charge is -2.16. The number of alkyl halides is 2. The maximum atomic E-state index is 12.3. The van der Waals surface area contributed by atoms with Crippen LogP contribution in [0, 0.1) is 5.92 Å². The maximum Gasteiger partial charge on any atom is 0.267 e. The lowest BCUT2D eigenvalue weighted by molar-refractivity contribution is 0.0926. The Labute approximate surface area is 105 Å². The fraction of sp³-hybridized carbons (Fsp3) is 0.583. The highest BCUT2D eigenvalue weighted by atomic mass is 19.3. The Hall–Kier alpha value is -1.43. The van der Waals surface area contributed by atoms with Gasteiger partial charge in [0.2, 0.25) is 0 Å². The summed E-state index contributed by atoms with van der Waals surface area (Å²) in [5.74, 6) is -0.130. The third-order valence-corrected chi connectivity index (χ3v) is 2.75. The summed E-state index contributed by atoms with van der Waals surface area (Å²) >= 11 is 0. The number of rotatable bonds is 6. The molecule has 4 nitrogen and oxygen atoms in total. The molecule has 1 unspecified atom stereocenters. The Bertz CT molecular complexity index is 390. The lowest BCUT2D eigenvalue weighted by Crippen LogP contribution is -2.41. The van der Waals surface area contributed by atoms with Gasteiger partial charge in [0.25, 0.3) is 12.3 Å². The van der Waals surface area contributed by atoms with Crippen molar-refractivity contribution < 1.29 is 13.6 Å². The van der Waals surface area contributed by atoms with E-state index in [1.165, 1.54) is 16.8 Å². The van der Waals surface area contributed by atoms with Gasteiger partial charge in [-0.25, -0.2) is 8.78 Å². The van der Waals surface area contributed by atoms with Crippen molar-refractivity contribution in [3.63, 3.8) is 0 Å². The van der Waals surface area contributed by atoms with Gasteiger partial charge < -0.3 is 15.6 Å². The number of amides is 1. The molecule has 0 aromatic carbocycles. The predicted octanol–water partition coefficient (Wildman–Crippen LogP) is 1.47. The molecule has 0 aliphatic heterocycles. The van der Waals surface area contributed by atoms with E-state index < -0.39 is 13.0 Å². The van der Waals surface area contributed by atoms with Crippen molar-refractivity contribution in [2.24, 2.45) is 11.7 Å². The third kappa shape index (κ3) is 4.10. The molecule has 0 spiro atoms. The van der Waals surface area contributed by atoms with E-state index in [-0.39, 0.29) is 23.6 Å². The zero-order valence-corrected chi connectivity index (χ0v) is 10.6. The summed E-state index contributed by atoms with van der Waals surface area (Å²) in [6.07, 6.45) is -1.02. The average molecular weight is 259 g/mol. The largest absolute Gasteiger partial charge is 0.349 e. The van der Waals surface area contributed by atoms with Crippen LogP contribution in [0.3, 0.4) is 0 Å². The maximum absolute atomic E-state index is 12.3. The van der Waals surface area contributed by atoms with Gasteiger partial charge in [-0.1, -0.05) is 13.8 Å². The molecule has 1 atom stereocenters. The van der Waals surface area contributed by atoms with Crippen LogP contribution in [0.5, 0.6) is 0 Å². The summed E-state index contributed by atoms with van der Waals surface area (Å²) in [5.41, 5.74) is 6.02. The van der Waals surface area contributed by atoms with E-state index in [4.69, 9.17) is 5.73 Å². The average Bonchev–Trinajstić information content (AvgIpc) is 2.72. The highest BCUT2D eigenvalue weighted by Crippen LogP contribution is 2.06. The predicted molar refractivity (Wildman–Crippen MR) is 65.6 cm³/mol. The summed E-state index contributed by atoms with van der Waals surface area (Å²) < 4.78 is 25.8. The molecule has 0 radical (unpaired) electrons. The van der Waals surface area contributed by atoms with Crippen LogP contribution in [0.4, 0.5) is 8.78 Å². The SMILES string of the molecule is CC(C)C(N)CNC(=O)c1cccn1CC(F)F. The Morgan fingerprint density at radius 3 is 2.72 bits per heavy atom. The molecule has 0 aliphatic carbocycles. The van der Waals surface area contributed by atoms with E-state index in [2.05, 4.69) is 5.32 Å². The molecule has 18 heavy (non-hydrogen) atoms. The molecule has 1 heterocycles. The molecular formula is C12H19F2N3O. The van der Waals surface area contributed by atoms with Crippen LogP contribution in [0.2, 0.25) is 0 Å². The standard InChI is InChI=1S/C12H19F2N3O/c1-8(2)9(15)6-16-12(18)10-4-3-5-17(10)7-11(13)14/h3-5,8-9,11H,6-7,15H2,1-2H3,(H,16,18). The number of nitrogens with zero attached hydrogens (tertiary/aromatic N) is 1. The van der Waals surface area contributed by atoms with E-state index in [0.29, 0.717) is 6.54 Å². The van der Waals surface area contributed by atoms with Crippen molar-refractivity contribution in [3.8, 4) is 0 Å². The number of hydrogen-bond donors (Lipinski definition) is 2. The van der Waals surface area contributed by atoms with Crippen LogP contribution in [-0.2, 0) is 6.54 Å². The van der Waals surface area contributed by atoms with Gasteiger partial charge in [-0.05, 0) is 18.1 Å². The summed E-state index contributed by atoms with van der Waals surface area (Å²) in [6.45, 7) is 3.76. The smallest absolute Gasteiger partial charge is 0.267 e. The minimum atomic E-state index is -2.48. The first-order valence-corrected chi connectivity index (χ1v) is 5.89. The quantitative estimate of drug-likeness (QED) is 0.812. The van der Waals surface area contributed by atoms with Gasteiger partial charge in [-0.15, -0.1) is 0 Å². The van der Waals surface area contributed by atoms with Crippen molar-refractivity contribution in [1.82, 2.24) is 9.88 Å². The second-order valence-electron chi connectivity index (χ2n) is 4.55. The van der Waals surface area contributed by atoms with Crippen molar-refractivity contribution in [3.05, 3.63) is 24.0 Å². The van der Waals surface area contributed by atoms with Crippen LogP contribution in [0.15, 0.2) is 18.3 Å². The Balaban J connectivity index is 2.59. The van der Waals surface area contributed by atoms with Gasteiger partial charge in [0.1, 0.15) is 5.69 Å². The Morgan fingerprint density at radius 2 is 2.17 bits per heavy atom. The molecule has 6 heteroatoms. The molecule has 0 aliphatic rings. The number of aromatic nitrogens is 1. The van der Waals surface area contributed by atoms with Crippen LogP contribution in [0.1, 0.15) is 24.3 Å². The normalized spacial score (nSPS) is 13.1. The topological polar surface area (TPSA) is 60.0 Å². The van der Waals surface area contributed by atoms with E-state index in [1.54, 1.807) is 6.07 Å². The van der Waals surface area contributed by atoms with E-state index in [1.807, 2.05) is 13.8 Å². The Morgan fingerprint density at radius 1 is 1.50 bits per heavy atom. The summed E-state index contributed by atoms with van der Waals surface area (Å²) in [7, 11) is 0. The molecule has 3 N–H and O–H groups in total. The molecule has 0 saturated carbocycles. The first-order valence-electron chi connectivity index (χ1n) is 5.89. The molecular weight excluding hydrogens is 240 g/mol. The van der Waals surface area contributed by atoms with Gasteiger partial charge in [-0.3, -0.25) is 4.79 Å². The van der Waals surface area contributed by atoms with Crippen LogP contribution >= 0.6 is 0 Å². The van der Waals surface area contributed by atoms with Crippen LogP contribution in [-0.4, -0.2) is 29.5 Å². The summed E-state index contributed by atoms with van der Waals surface area (Å²) in [4.78, 5) is 11.8. The summed E-state index contributed by atoms with van der Waals surface area (Å²) in [5, 5.41) is 2.65. The second-order valence-corrected chi connectivity index (χ2v) is 4.55. The molecule has 1 amide bonds. The zero-order valence-electron chi connectivity index (χ0n) is 10.6. The minimum absolute atomic E-state index is 0.146. The molecule has 0 bridgehead atoms. The van der Waals surface area contributed by atoms with Crippen molar-refractivity contribution in [2.45, 2.75) is 32.9 Å². The number of halogens is 2. The van der Waals surface area contributed by atoms with Gasteiger partial charge in [0.15, 0.2) is 0 Å². The van der Waals surface area contributed by atoms with Crippen LogP contribution < -0.4 is 11.1 Å². The number of nitrogens with one attached hydrogen (secondary N) is 1. The molecule has 1 aromatic heterocycles. The molecule has 1 rings (SSSR count). The first-order chi connectivity index (χ1) is 8.41. The summed E-state index contributed by atoms with van der Waals surface area (Å²) in [6, 6.07) is 2.94. The fourth-order valence-electron chi connectivity index (χ4n) is 1.46. The lowest BCUT2D eigenvalue weighted by atomic mass is 10.1.